The Balaban J connectivity index is 1.13. The number of hydrogen-bond acceptors (Lipinski definition) is 7. The summed E-state index contributed by atoms with van der Waals surface area (Å²) >= 11 is 0. The highest BCUT2D eigenvalue weighted by Crippen LogP contribution is 2.43. The van der Waals surface area contributed by atoms with E-state index in [9.17, 15) is 8.78 Å². The van der Waals surface area contributed by atoms with Crippen LogP contribution in [0.2, 0.25) is 0 Å². The van der Waals surface area contributed by atoms with Crippen LogP contribution >= 0.6 is 0 Å². The molecule has 2 aliphatic rings. The van der Waals surface area contributed by atoms with Gasteiger partial charge in [0.2, 0.25) is 5.95 Å². The number of halogens is 2. The highest BCUT2D eigenvalue weighted by molar-refractivity contribution is 5.90. The molecular formula is C25H29F2N5O2. The van der Waals surface area contributed by atoms with Crippen LogP contribution in [0.3, 0.4) is 0 Å². The van der Waals surface area contributed by atoms with Gasteiger partial charge in [-0.15, -0.1) is 8.78 Å². The van der Waals surface area contributed by atoms with E-state index in [2.05, 4.69) is 20.1 Å². The second-order valence-electron chi connectivity index (χ2n) is 9.19. The summed E-state index contributed by atoms with van der Waals surface area (Å²) in [6.45, 7) is 1.28. The van der Waals surface area contributed by atoms with Gasteiger partial charge in [-0.1, -0.05) is 24.3 Å². The largest absolute Gasteiger partial charge is 0.586 e. The summed E-state index contributed by atoms with van der Waals surface area (Å²) in [6, 6.07) is 13.4. The molecule has 2 N–H and O–H groups in total. The summed E-state index contributed by atoms with van der Waals surface area (Å²) < 4.78 is 36.0. The molecule has 0 amide bonds. The summed E-state index contributed by atoms with van der Waals surface area (Å²) in [7, 11) is 3.98. The number of fused-ring (bicyclic) bond motifs is 2. The maximum atomic E-state index is 13.4. The van der Waals surface area contributed by atoms with Crippen molar-refractivity contribution in [2.75, 3.05) is 30.9 Å². The Hall–Kier alpha value is -3.20. The van der Waals surface area contributed by atoms with E-state index in [4.69, 9.17) is 9.97 Å². The van der Waals surface area contributed by atoms with Crippen LogP contribution in [0.4, 0.5) is 20.5 Å². The van der Waals surface area contributed by atoms with E-state index in [0.29, 0.717) is 30.0 Å². The van der Waals surface area contributed by atoms with Gasteiger partial charge < -0.3 is 25.0 Å². The third kappa shape index (κ3) is 4.84. The topological polar surface area (TPSA) is 71.5 Å². The molecule has 0 radical (unpaired) electrons. The summed E-state index contributed by atoms with van der Waals surface area (Å²) in [5.41, 5.74) is 1.61. The summed E-state index contributed by atoms with van der Waals surface area (Å²) in [5.74, 6) is 2.32. The van der Waals surface area contributed by atoms with Gasteiger partial charge in [-0.25, -0.2) is 4.98 Å². The van der Waals surface area contributed by atoms with Crippen LogP contribution in [0.15, 0.2) is 42.5 Å². The number of anilines is 2. The SMILES string of the molecule is CN(C)c1nc(N[C@H]2CC[C@@H](CNCc3cccc4c3OC(F)(F)O4)CC2)nc2ccccc12. The molecule has 7 nitrogen and oxygen atoms in total. The van der Waals surface area contributed by atoms with Gasteiger partial charge in [0, 0.05) is 37.6 Å². The second-order valence-corrected chi connectivity index (χ2v) is 9.19. The smallest absolute Gasteiger partial charge is 0.395 e. The van der Waals surface area contributed by atoms with Crippen LogP contribution < -0.4 is 25.0 Å². The molecule has 180 valence electrons. The van der Waals surface area contributed by atoms with Gasteiger partial charge in [-0.2, -0.15) is 4.98 Å². The Labute approximate surface area is 197 Å². The molecule has 0 spiro atoms. The van der Waals surface area contributed by atoms with Gasteiger partial charge in [0.15, 0.2) is 11.5 Å². The molecule has 1 aliphatic heterocycles. The van der Waals surface area contributed by atoms with Gasteiger partial charge in [-0.05, 0) is 56.3 Å². The van der Waals surface area contributed by atoms with Gasteiger partial charge >= 0.3 is 6.29 Å². The molecule has 2 heterocycles. The molecule has 9 heteroatoms. The van der Waals surface area contributed by atoms with Crippen molar-refractivity contribution in [2.24, 2.45) is 5.92 Å². The zero-order valence-corrected chi connectivity index (χ0v) is 19.4. The third-order valence-electron chi connectivity index (χ3n) is 6.45. The highest BCUT2D eigenvalue weighted by atomic mass is 19.3. The number of aromatic nitrogens is 2. The van der Waals surface area contributed by atoms with Crippen molar-refractivity contribution in [3.63, 3.8) is 0 Å². The average Bonchev–Trinajstić information content (AvgIpc) is 3.14. The zero-order valence-electron chi connectivity index (χ0n) is 19.4. The molecular weight excluding hydrogens is 440 g/mol. The lowest BCUT2D eigenvalue weighted by molar-refractivity contribution is -0.286. The van der Waals surface area contributed by atoms with Crippen molar-refractivity contribution in [3.8, 4) is 11.5 Å². The quantitative estimate of drug-likeness (QED) is 0.516. The van der Waals surface area contributed by atoms with Gasteiger partial charge in [0.25, 0.3) is 0 Å². The average molecular weight is 470 g/mol. The van der Waals surface area contributed by atoms with Crippen LogP contribution in [-0.2, 0) is 6.54 Å². The molecule has 2 aromatic carbocycles. The van der Waals surface area contributed by atoms with E-state index in [1.165, 1.54) is 6.07 Å². The van der Waals surface area contributed by atoms with Crippen molar-refractivity contribution in [1.29, 1.82) is 0 Å². The fourth-order valence-corrected chi connectivity index (χ4v) is 4.73. The monoisotopic (exact) mass is 469 g/mol. The third-order valence-corrected chi connectivity index (χ3v) is 6.45. The Kier molecular flexibility index (Phi) is 6.12. The van der Waals surface area contributed by atoms with Gasteiger partial charge in [0.05, 0.1) is 5.52 Å². The maximum Gasteiger partial charge on any atom is 0.586 e. The number of para-hydroxylation sites is 2. The molecule has 5 rings (SSSR count). The number of rotatable bonds is 7. The van der Waals surface area contributed by atoms with E-state index >= 15 is 0 Å². The van der Waals surface area contributed by atoms with Gasteiger partial charge in [0.1, 0.15) is 5.82 Å². The molecule has 0 saturated heterocycles. The predicted octanol–water partition coefficient (Wildman–Crippen LogP) is 4.78. The number of nitrogens with zero attached hydrogens (tertiary/aromatic N) is 3. The van der Waals surface area contributed by atoms with Crippen LogP contribution in [-0.4, -0.2) is 42.9 Å². The number of benzene rings is 2. The molecule has 1 fully saturated rings. The van der Waals surface area contributed by atoms with Crippen LogP contribution in [0.1, 0.15) is 31.2 Å². The lowest BCUT2D eigenvalue weighted by Gasteiger charge is -2.29. The molecule has 34 heavy (non-hydrogen) atoms. The summed E-state index contributed by atoms with van der Waals surface area (Å²) in [4.78, 5) is 11.5. The minimum Gasteiger partial charge on any atom is -0.395 e. The second kappa shape index (κ2) is 9.21. The van der Waals surface area contributed by atoms with E-state index in [1.54, 1.807) is 12.1 Å². The van der Waals surface area contributed by atoms with Crippen molar-refractivity contribution >= 4 is 22.7 Å². The van der Waals surface area contributed by atoms with E-state index in [0.717, 1.165) is 48.9 Å². The minimum absolute atomic E-state index is 0.0872. The number of alkyl halides is 2. The van der Waals surface area contributed by atoms with Crippen molar-refractivity contribution in [2.45, 2.75) is 44.6 Å². The predicted molar refractivity (Wildman–Crippen MR) is 128 cm³/mol. The molecule has 1 aliphatic carbocycles. The van der Waals surface area contributed by atoms with E-state index in [1.807, 2.05) is 43.3 Å². The number of hydrogen-bond donors (Lipinski definition) is 2. The fourth-order valence-electron chi connectivity index (χ4n) is 4.73. The van der Waals surface area contributed by atoms with E-state index in [-0.39, 0.29) is 11.5 Å². The molecule has 3 aromatic rings. The number of ether oxygens (including phenoxy) is 2. The standard InChI is InChI=1S/C25H29F2N5O2/c1-32(2)23-19-7-3-4-8-20(19)30-24(31-23)29-18-12-10-16(11-13-18)14-28-15-17-6-5-9-21-22(17)34-25(26,27)33-21/h3-9,16,18,28H,10-15H2,1-2H3,(H,29,30,31)/t16-,18+. The highest BCUT2D eigenvalue weighted by Gasteiger charge is 2.44. The van der Waals surface area contributed by atoms with Crippen LogP contribution in [0.5, 0.6) is 11.5 Å². The molecule has 0 atom stereocenters. The normalized spacial score (nSPS) is 20.9. The maximum absolute atomic E-state index is 13.4. The lowest BCUT2D eigenvalue weighted by Crippen LogP contribution is -2.31. The van der Waals surface area contributed by atoms with Crippen LogP contribution in [0.25, 0.3) is 10.9 Å². The first kappa shape index (κ1) is 22.6. The van der Waals surface area contributed by atoms with Gasteiger partial charge in [-0.3, -0.25) is 0 Å². The van der Waals surface area contributed by atoms with Crippen molar-refractivity contribution in [1.82, 2.24) is 15.3 Å². The molecule has 1 aromatic heterocycles. The molecule has 0 bridgehead atoms. The zero-order chi connectivity index (χ0) is 23.7. The first-order valence-corrected chi connectivity index (χ1v) is 11.7. The minimum atomic E-state index is -3.59. The lowest BCUT2D eigenvalue weighted by atomic mass is 9.86. The Morgan fingerprint density at radius 3 is 2.59 bits per heavy atom. The first-order chi connectivity index (χ1) is 16.4. The van der Waals surface area contributed by atoms with Crippen LogP contribution in [0, 0.1) is 5.92 Å². The van der Waals surface area contributed by atoms with Crippen molar-refractivity contribution in [3.05, 3.63) is 48.0 Å². The summed E-state index contributed by atoms with van der Waals surface area (Å²) in [5, 5.41) is 7.98. The Morgan fingerprint density at radius 2 is 1.79 bits per heavy atom. The first-order valence-electron chi connectivity index (χ1n) is 11.7. The molecule has 0 unspecified atom stereocenters. The fraction of sp³-hybridized carbons (Fsp3) is 0.440. The number of nitrogens with one attached hydrogen (secondary N) is 2. The summed E-state index contributed by atoms with van der Waals surface area (Å²) in [6.07, 6.45) is 0.617. The van der Waals surface area contributed by atoms with E-state index < -0.39 is 6.29 Å². The Bertz CT molecular complexity index is 1170. The molecule has 1 saturated carbocycles. The Morgan fingerprint density at radius 1 is 1.00 bits per heavy atom. The van der Waals surface area contributed by atoms with Crippen molar-refractivity contribution < 1.29 is 18.3 Å².